The molecule has 0 aliphatic carbocycles. The lowest BCUT2D eigenvalue weighted by atomic mass is 10.1. The van der Waals surface area contributed by atoms with Gasteiger partial charge in [-0.2, -0.15) is 0 Å². The zero-order valence-electron chi connectivity index (χ0n) is 9.84. The summed E-state index contributed by atoms with van der Waals surface area (Å²) in [6, 6.07) is 6.67. The number of hydrogen-bond acceptors (Lipinski definition) is 2. The van der Waals surface area contributed by atoms with E-state index in [0.29, 0.717) is 10.7 Å². The molecule has 6 heteroatoms. The molecule has 1 saturated heterocycles. The van der Waals surface area contributed by atoms with Crippen LogP contribution in [0.3, 0.4) is 0 Å². The Morgan fingerprint density at radius 3 is 2.67 bits per heavy atom. The van der Waals surface area contributed by atoms with Crippen molar-refractivity contribution >= 4 is 29.3 Å². The van der Waals surface area contributed by atoms with Crippen molar-refractivity contribution in [3.63, 3.8) is 0 Å². The van der Waals surface area contributed by atoms with E-state index in [-0.39, 0.29) is 19.1 Å². The van der Waals surface area contributed by atoms with E-state index in [9.17, 15) is 9.59 Å². The summed E-state index contributed by atoms with van der Waals surface area (Å²) in [7, 11) is 1.58. The number of aliphatic carboxylic acids is 1. The Morgan fingerprint density at radius 2 is 2.06 bits per heavy atom. The first-order valence-electron chi connectivity index (χ1n) is 5.50. The molecule has 0 radical (unpaired) electrons. The highest BCUT2D eigenvalue weighted by molar-refractivity contribution is 6.33. The molecule has 0 saturated carbocycles. The molecular weight excluding hydrogens is 256 g/mol. The second-order valence-electron chi connectivity index (χ2n) is 4.26. The number of hydrogen-bond donors (Lipinski definition) is 1. The Bertz CT molecular complexity index is 492. The molecular formula is C12H13ClN2O3. The Hall–Kier alpha value is -1.75. The second-order valence-corrected chi connectivity index (χ2v) is 4.67. The molecule has 2 rings (SSSR count). The van der Waals surface area contributed by atoms with Crippen LogP contribution in [0.25, 0.3) is 0 Å². The molecule has 1 atom stereocenters. The molecule has 18 heavy (non-hydrogen) atoms. The van der Waals surface area contributed by atoms with Gasteiger partial charge in [-0.1, -0.05) is 23.7 Å². The molecule has 1 N–H and O–H groups in total. The third-order valence-corrected chi connectivity index (χ3v) is 3.27. The first-order chi connectivity index (χ1) is 8.50. The van der Waals surface area contributed by atoms with Gasteiger partial charge in [0, 0.05) is 20.1 Å². The molecule has 96 valence electrons. The summed E-state index contributed by atoms with van der Waals surface area (Å²) in [5.41, 5.74) is 0.543. The number of para-hydroxylation sites is 1. The number of benzene rings is 1. The number of carbonyl (C=O) groups is 2. The minimum absolute atomic E-state index is 0.141. The fraction of sp³-hybridized carbons (Fsp3) is 0.333. The second kappa shape index (κ2) is 4.86. The Kier molecular flexibility index (Phi) is 3.43. The van der Waals surface area contributed by atoms with Gasteiger partial charge in [-0.3, -0.25) is 9.69 Å². The van der Waals surface area contributed by atoms with Crippen LogP contribution in [0, 0.1) is 5.92 Å². The standard InChI is InChI=1S/C12H13ClN2O3/c1-14-6-8(11(16)17)7-15(12(14)18)10-5-3-2-4-9(10)13/h2-5,8H,6-7H2,1H3,(H,16,17). The zero-order chi connectivity index (χ0) is 13.3. The average Bonchev–Trinajstić information content (AvgIpc) is 2.33. The summed E-state index contributed by atoms with van der Waals surface area (Å²) in [5, 5.41) is 9.51. The van der Waals surface area contributed by atoms with Crippen LogP contribution in [0.1, 0.15) is 0 Å². The summed E-state index contributed by atoms with van der Waals surface area (Å²) in [5.74, 6) is -1.52. The number of rotatable bonds is 2. The molecule has 1 aromatic carbocycles. The van der Waals surface area contributed by atoms with Crippen LogP contribution in [0.2, 0.25) is 5.02 Å². The van der Waals surface area contributed by atoms with Crippen molar-refractivity contribution in [2.45, 2.75) is 0 Å². The van der Waals surface area contributed by atoms with E-state index in [4.69, 9.17) is 16.7 Å². The maximum Gasteiger partial charge on any atom is 0.324 e. The zero-order valence-corrected chi connectivity index (χ0v) is 10.6. The molecule has 2 amide bonds. The highest BCUT2D eigenvalue weighted by atomic mass is 35.5. The minimum atomic E-state index is -0.911. The van der Waals surface area contributed by atoms with Gasteiger partial charge < -0.3 is 10.0 Å². The predicted octanol–water partition coefficient (Wildman–Crippen LogP) is 1.91. The smallest absolute Gasteiger partial charge is 0.324 e. The monoisotopic (exact) mass is 268 g/mol. The number of carboxylic acid groups (broad SMARTS) is 1. The number of anilines is 1. The number of amides is 2. The van der Waals surface area contributed by atoms with Crippen LogP contribution in [-0.2, 0) is 4.79 Å². The van der Waals surface area contributed by atoms with Gasteiger partial charge in [0.15, 0.2) is 0 Å². The van der Waals surface area contributed by atoms with Crippen LogP contribution in [0.15, 0.2) is 24.3 Å². The van der Waals surface area contributed by atoms with E-state index in [1.807, 2.05) is 0 Å². The molecule has 1 fully saturated rings. The van der Waals surface area contributed by atoms with E-state index < -0.39 is 11.9 Å². The van der Waals surface area contributed by atoms with E-state index >= 15 is 0 Å². The van der Waals surface area contributed by atoms with Gasteiger partial charge in [-0.05, 0) is 12.1 Å². The van der Waals surface area contributed by atoms with Gasteiger partial charge in [-0.25, -0.2) is 4.79 Å². The van der Waals surface area contributed by atoms with Gasteiger partial charge in [0.25, 0.3) is 0 Å². The van der Waals surface area contributed by atoms with Crippen molar-refractivity contribution in [1.29, 1.82) is 0 Å². The van der Waals surface area contributed by atoms with Gasteiger partial charge >= 0.3 is 12.0 Å². The third-order valence-electron chi connectivity index (χ3n) is 2.95. The third kappa shape index (κ3) is 2.26. The fourth-order valence-electron chi connectivity index (χ4n) is 2.00. The van der Waals surface area contributed by atoms with E-state index in [1.54, 1.807) is 31.3 Å². The van der Waals surface area contributed by atoms with Crippen LogP contribution < -0.4 is 4.90 Å². The number of carboxylic acids is 1. The molecule has 1 aliphatic heterocycles. The van der Waals surface area contributed by atoms with Gasteiger partial charge in [-0.15, -0.1) is 0 Å². The summed E-state index contributed by atoms with van der Waals surface area (Å²) >= 11 is 6.04. The number of carbonyl (C=O) groups excluding carboxylic acids is 1. The van der Waals surface area contributed by atoms with Crippen molar-refractivity contribution < 1.29 is 14.7 Å². The topological polar surface area (TPSA) is 60.9 Å². The molecule has 0 aromatic heterocycles. The molecule has 1 heterocycles. The number of halogens is 1. The first-order valence-corrected chi connectivity index (χ1v) is 5.88. The SMILES string of the molecule is CN1CC(C(=O)O)CN(c2ccccc2Cl)C1=O. The maximum atomic E-state index is 12.0. The van der Waals surface area contributed by atoms with Gasteiger partial charge in [0.05, 0.1) is 16.6 Å². The van der Waals surface area contributed by atoms with Crippen molar-refractivity contribution in [2.24, 2.45) is 5.92 Å². The summed E-state index contributed by atoms with van der Waals surface area (Å²) in [6.45, 7) is 0.358. The van der Waals surface area contributed by atoms with Crippen LogP contribution in [0.4, 0.5) is 10.5 Å². The largest absolute Gasteiger partial charge is 0.481 e. The normalized spacial score (nSPS) is 20.1. The lowest BCUT2D eigenvalue weighted by molar-refractivity contribution is -0.141. The van der Waals surface area contributed by atoms with E-state index in [0.717, 1.165) is 0 Å². The number of urea groups is 1. The highest BCUT2D eigenvalue weighted by Gasteiger charge is 2.34. The van der Waals surface area contributed by atoms with Crippen LogP contribution in [-0.4, -0.2) is 42.1 Å². The predicted molar refractivity (Wildman–Crippen MR) is 67.9 cm³/mol. The Morgan fingerprint density at radius 1 is 1.39 bits per heavy atom. The fourth-order valence-corrected chi connectivity index (χ4v) is 2.24. The molecule has 5 nitrogen and oxygen atoms in total. The molecule has 1 aromatic rings. The highest BCUT2D eigenvalue weighted by Crippen LogP contribution is 2.28. The van der Waals surface area contributed by atoms with Crippen LogP contribution >= 0.6 is 11.6 Å². The molecule has 0 spiro atoms. The Labute approximate surface area is 110 Å². The van der Waals surface area contributed by atoms with Gasteiger partial charge in [0.1, 0.15) is 0 Å². The minimum Gasteiger partial charge on any atom is -0.481 e. The molecule has 1 unspecified atom stereocenters. The molecule has 0 bridgehead atoms. The van der Waals surface area contributed by atoms with E-state index in [2.05, 4.69) is 0 Å². The summed E-state index contributed by atoms with van der Waals surface area (Å²) in [4.78, 5) is 25.9. The Balaban J connectivity index is 2.33. The average molecular weight is 269 g/mol. The maximum absolute atomic E-state index is 12.0. The van der Waals surface area contributed by atoms with Crippen molar-refractivity contribution in [2.75, 3.05) is 25.0 Å². The first kappa shape index (κ1) is 12.7. The number of nitrogens with zero attached hydrogens (tertiary/aromatic N) is 2. The van der Waals surface area contributed by atoms with Gasteiger partial charge in [0.2, 0.25) is 0 Å². The summed E-state index contributed by atoms with van der Waals surface area (Å²) < 4.78 is 0. The van der Waals surface area contributed by atoms with Crippen molar-refractivity contribution in [1.82, 2.24) is 4.90 Å². The lowest BCUT2D eigenvalue weighted by Gasteiger charge is -2.36. The lowest BCUT2D eigenvalue weighted by Crippen LogP contribution is -2.54. The van der Waals surface area contributed by atoms with Crippen molar-refractivity contribution in [3.05, 3.63) is 29.3 Å². The van der Waals surface area contributed by atoms with Crippen molar-refractivity contribution in [3.8, 4) is 0 Å². The summed E-state index contributed by atoms with van der Waals surface area (Å²) in [6.07, 6.45) is 0. The van der Waals surface area contributed by atoms with E-state index in [1.165, 1.54) is 9.80 Å². The quantitative estimate of drug-likeness (QED) is 0.891. The van der Waals surface area contributed by atoms with Crippen LogP contribution in [0.5, 0.6) is 0 Å². The molecule has 1 aliphatic rings.